The third-order valence-corrected chi connectivity index (χ3v) is 1.03. The first kappa shape index (κ1) is 11.8. The second kappa shape index (κ2) is 8.91. The molecule has 0 N–H and O–H groups in total. The van der Waals surface area contributed by atoms with Gasteiger partial charge in [-0.15, -0.1) is 0 Å². The van der Waals surface area contributed by atoms with Crippen LogP contribution in [0.3, 0.4) is 0 Å². The number of aromatic nitrogens is 2. The van der Waals surface area contributed by atoms with E-state index in [4.69, 9.17) is 0 Å². The van der Waals surface area contributed by atoms with Gasteiger partial charge in [0.25, 0.3) is 0 Å². The van der Waals surface area contributed by atoms with Crippen LogP contribution in [0.15, 0.2) is 48.8 Å². The molecular formula is C10H8CuN2. The largest absolute Gasteiger partial charge is 2.00 e. The molecule has 0 aliphatic carbocycles. The van der Waals surface area contributed by atoms with E-state index in [1.54, 1.807) is 24.5 Å². The molecule has 0 bridgehead atoms. The van der Waals surface area contributed by atoms with E-state index in [1.165, 1.54) is 0 Å². The molecule has 2 aromatic rings. The topological polar surface area (TPSA) is 25.8 Å². The summed E-state index contributed by atoms with van der Waals surface area (Å²) < 4.78 is 0. The SMILES string of the molecule is [Cu+2].[c-]1ccccn1.[c-]1ccccn1. The van der Waals surface area contributed by atoms with Crippen molar-refractivity contribution in [3.05, 3.63) is 61.2 Å². The van der Waals surface area contributed by atoms with Gasteiger partial charge in [-0.2, -0.15) is 36.4 Å². The van der Waals surface area contributed by atoms with Gasteiger partial charge in [0.1, 0.15) is 0 Å². The molecule has 2 heterocycles. The van der Waals surface area contributed by atoms with Crippen LogP contribution >= 0.6 is 0 Å². The molecule has 1 radical (unpaired) electrons. The Morgan fingerprint density at radius 2 is 1.15 bits per heavy atom. The van der Waals surface area contributed by atoms with Crippen LogP contribution in [0, 0.1) is 12.4 Å². The van der Waals surface area contributed by atoms with Crippen molar-refractivity contribution in [3.8, 4) is 0 Å². The summed E-state index contributed by atoms with van der Waals surface area (Å²) in [5, 5.41) is 0. The average molecular weight is 220 g/mol. The second-order valence-electron chi connectivity index (χ2n) is 1.92. The zero-order chi connectivity index (χ0) is 8.49. The maximum absolute atomic E-state index is 3.66. The summed E-state index contributed by atoms with van der Waals surface area (Å²) in [6.07, 6.45) is 8.67. The predicted octanol–water partition coefficient (Wildman–Crippen LogP) is 1.76. The van der Waals surface area contributed by atoms with E-state index in [1.807, 2.05) is 24.3 Å². The standard InChI is InChI=1S/2C5H4N.Cu/c2*1-2-4-6-5-3-1;/h2*1-4H;/q2*-1;+2. The van der Waals surface area contributed by atoms with E-state index in [-0.39, 0.29) is 17.1 Å². The van der Waals surface area contributed by atoms with E-state index >= 15 is 0 Å². The van der Waals surface area contributed by atoms with Crippen LogP contribution in [-0.2, 0) is 17.1 Å². The summed E-state index contributed by atoms with van der Waals surface area (Å²) in [7, 11) is 0. The Bertz CT molecular complexity index is 188. The number of rotatable bonds is 0. The number of nitrogens with zero attached hydrogens (tertiary/aromatic N) is 2. The zero-order valence-electron chi connectivity index (χ0n) is 6.81. The van der Waals surface area contributed by atoms with Crippen molar-refractivity contribution < 1.29 is 17.1 Å². The number of hydrogen-bond acceptors (Lipinski definition) is 2. The molecule has 2 aromatic heterocycles. The van der Waals surface area contributed by atoms with E-state index in [9.17, 15) is 0 Å². The Hall–Kier alpha value is -1.18. The van der Waals surface area contributed by atoms with Gasteiger partial charge in [-0.05, 0) is 0 Å². The minimum absolute atomic E-state index is 0. The molecule has 0 spiro atoms. The molecule has 0 amide bonds. The summed E-state index contributed by atoms with van der Waals surface area (Å²) in [6.45, 7) is 0. The summed E-state index contributed by atoms with van der Waals surface area (Å²) in [6, 6.07) is 11.0. The molecule has 0 saturated heterocycles. The van der Waals surface area contributed by atoms with Gasteiger partial charge in [-0.3, -0.25) is 0 Å². The Kier molecular flexibility index (Phi) is 8.10. The predicted molar refractivity (Wildman–Crippen MR) is 46.1 cm³/mol. The van der Waals surface area contributed by atoms with Crippen molar-refractivity contribution in [1.29, 1.82) is 0 Å². The van der Waals surface area contributed by atoms with Gasteiger partial charge in [-0.25, -0.2) is 0 Å². The third-order valence-electron chi connectivity index (χ3n) is 1.03. The maximum atomic E-state index is 3.66. The summed E-state index contributed by atoms with van der Waals surface area (Å²) >= 11 is 0. The van der Waals surface area contributed by atoms with Gasteiger partial charge in [0.2, 0.25) is 0 Å². The average Bonchev–Trinajstić information content (AvgIpc) is 2.24. The Morgan fingerprint density at radius 3 is 1.23 bits per heavy atom. The van der Waals surface area contributed by atoms with Crippen LogP contribution in [-0.4, -0.2) is 9.97 Å². The van der Waals surface area contributed by atoms with E-state index in [0.717, 1.165) is 0 Å². The Labute approximate surface area is 88.5 Å². The van der Waals surface area contributed by atoms with Crippen LogP contribution < -0.4 is 0 Å². The van der Waals surface area contributed by atoms with Gasteiger partial charge in [0.05, 0.1) is 0 Å². The fraction of sp³-hybridized carbons (Fsp3) is 0. The zero-order valence-corrected chi connectivity index (χ0v) is 7.76. The normalized spacial score (nSPS) is 7.38. The quantitative estimate of drug-likeness (QED) is 0.499. The van der Waals surface area contributed by atoms with Crippen molar-refractivity contribution >= 4 is 0 Å². The molecule has 0 aliphatic rings. The molecule has 0 unspecified atom stereocenters. The molecule has 0 atom stereocenters. The van der Waals surface area contributed by atoms with Gasteiger partial charge >= 0.3 is 17.1 Å². The van der Waals surface area contributed by atoms with Crippen LogP contribution in [0.5, 0.6) is 0 Å². The molecule has 13 heavy (non-hydrogen) atoms. The molecule has 0 aromatic carbocycles. The first-order valence-electron chi connectivity index (χ1n) is 3.54. The third kappa shape index (κ3) is 7.19. The molecule has 2 nitrogen and oxygen atoms in total. The van der Waals surface area contributed by atoms with Crippen LogP contribution in [0.2, 0.25) is 0 Å². The molecule has 0 aliphatic heterocycles. The molecule has 2 rings (SSSR count). The summed E-state index contributed by atoms with van der Waals surface area (Å²) in [5.74, 6) is 0. The monoisotopic (exact) mass is 219 g/mol. The van der Waals surface area contributed by atoms with E-state index < -0.39 is 0 Å². The van der Waals surface area contributed by atoms with Crippen LogP contribution in [0.4, 0.5) is 0 Å². The summed E-state index contributed by atoms with van der Waals surface area (Å²) in [4.78, 5) is 7.32. The van der Waals surface area contributed by atoms with Crippen molar-refractivity contribution in [2.45, 2.75) is 0 Å². The minimum atomic E-state index is 0. The maximum Gasteiger partial charge on any atom is 2.00 e. The first-order chi connectivity index (χ1) is 6.00. The second-order valence-corrected chi connectivity index (χ2v) is 1.92. The molecular weight excluding hydrogens is 212 g/mol. The fourth-order valence-corrected chi connectivity index (χ4v) is 0.555. The van der Waals surface area contributed by atoms with Gasteiger partial charge in [0.15, 0.2) is 0 Å². The van der Waals surface area contributed by atoms with Crippen molar-refractivity contribution in [3.63, 3.8) is 0 Å². The first-order valence-corrected chi connectivity index (χ1v) is 3.54. The molecule has 0 saturated carbocycles. The smallest absolute Gasteiger partial charge is 0.394 e. The van der Waals surface area contributed by atoms with Crippen molar-refractivity contribution in [2.75, 3.05) is 0 Å². The van der Waals surface area contributed by atoms with Crippen molar-refractivity contribution in [2.24, 2.45) is 0 Å². The van der Waals surface area contributed by atoms with E-state index in [0.29, 0.717) is 0 Å². The fourth-order valence-electron chi connectivity index (χ4n) is 0.555. The molecule has 0 fully saturated rings. The molecule has 69 valence electrons. The van der Waals surface area contributed by atoms with Crippen molar-refractivity contribution in [1.82, 2.24) is 9.97 Å². The Balaban J connectivity index is 0.000000206. The van der Waals surface area contributed by atoms with Crippen LogP contribution in [0.1, 0.15) is 0 Å². The van der Waals surface area contributed by atoms with E-state index in [2.05, 4.69) is 22.4 Å². The van der Waals surface area contributed by atoms with Gasteiger partial charge in [-0.1, -0.05) is 24.8 Å². The number of hydrogen-bond donors (Lipinski definition) is 0. The Morgan fingerprint density at radius 1 is 0.692 bits per heavy atom. The van der Waals surface area contributed by atoms with Gasteiger partial charge in [0, 0.05) is 0 Å². The van der Waals surface area contributed by atoms with Crippen LogP contribution in [0.25, 0.3) is 0 Å². The molecule has 3 heteroatoms. The van der Waals surface area contributed by atoms with Gasteiger partial charge < -0.3 is 9.97 Å². The summed E-state index contributed by atoms with van der Waals surface area (Å²) in [5.41, 5.74) is 0. The number of pyridine rings is 2. The minimum Gasteiger partial charge on any atom is -0.394 e.